The van der Waals surface area contributed by atoms with Crippen LogP contribution < -0.4 is 14.8 Å². The number of benzene rings is 1. The summed E-state index contributed by atoms with van der Waals surface area (Å²) in [6.07, 6.45) is 0.826. The molecular formula is C13H17NO4. The number of fused-ring (bicyclic) bond motifs is 1. The fourth-order valence-corrected chi connectivity index (χ4v) is 1.85. The predicted octanol–water partition coefficient (Wildman–Crippen LogP) is 1.37. The van der Waals surface area contributed by atoms with Crippen LogP contribution in [-0.4, -0.2) is 31.3 Å². The van der Waals surface area contributed by atoms with Crippen molar-refractivity contribution in [3.63, 3.8) is 0 Å². The minimum absolute atomic E-state index is 0.583. The number of likely N-dealkylation sites (N-methyl/N-ethyl adjacent to an activating group) is 1. The molecular weight excluding hydrogens is 234 g/mol. The third-order valence-electron chi connectivity index (χ3n) is 3.25. The normalized spacial score (nSPS) is 17.7. The monoisotopic (exact) mass is 251 g/mol. The predicted molar refractivity (Wildman–Crippen MR) is 66.1 cm³/mol. The van der Waals surface area contributed by atoms with E-state index >= 15 is 0 Å². The van der Waals surface area contributed by atoms with E-state index in [9.17, 15) is 9.90 Å². The smallest absolute Gasteiger partial charge is 0.328 e. The average Bonchev–Trinajstić information content (AvgIpc) is 2.61. The molecule has 0 radical (unpaired) electrons. The minimum atomic E-state index is -1.13. The third-order valence-corrected chi connectivity index (χ3v) is 3.25. The van der Waals surface area contributed by atoms with E-state index in [1.807, 2.05) is 0 Å². The van der Waals surface area contributed by atoms with Crippen molar-refractivity contribution < 1.29 is 19.4 Å². The Kier molecular flexibility index (Phi) is 3.43. The van der Waals surface area contributed by atoms with Gasteiger partial charge >= 0.3 is 5.97 Å². The lowest BCUT2D eigenvalue weighted by Gasteiger charge is -2.25. The first-order valence-corrected chi connectivity index (χ1v) is 5.90. The number of hydrogen-bond donors (Lipinski definition) is 2. The van der Waals surface area contributed by atoms with Gasteiger partial charge in [-0.2, -0.15) is 0 Å². The number of nitrogens with one attached hydrogen (secondary N) is 1. The molecule has 1 atom stereocenters. The molecule has 1 unspecified atom stereocenters. The summed E-state index contributed by atoms with van der Waals surface area (Å²) in [6, 6.07) is 5.23. The van der Waals surface area contributed by atoms with Crippen LogP contribution in [0, 0.1) is 0 Å². The van der Waals surface area contributed by atoms with Crippen LogP contribution in [0.25, 0.3) is 0 Å². The van der Waals surface area contributed by atoms with E-state index in [0.29, 0.717) is 30.3 Å². The zero-order valence-electron chi connectivity index (χ0n) is 10.5. The topological polar surface area (TPSA) is 67.8 Å². The zero-order valence-corrected chi connectivity index (χ0v) is 10.5. The quantitative estimate of drug-likeness (QED) is 0.849. The Morgan fingerprint density at radius 3 is 2.61 bits per heavy atom. The minimum Gasteiger partial charge on any atom is -0.490 e. The van der Waals surface area contributed by atoms with Crippen LogP contribution in [0.4, 0.5) is 0 Å². The van der Waals surface area contributed by atoms with E-state index in [1.165, 1.54) is 0 Å². The highest BCUT2D eigenvalue weighted by molar-refractivity contribution is 5.80. The fraction of sp³-hybridized carbons (Fsp3) is 0.462. The van der Waals surface area contributed by atoms with Gasteiger partial charge in [0.15, 0.2) is 11.5 Å². The van der Waals surface area contributed by atoms with Crippen LogP contribution in [0.3, 0.4) is 0 Å². The molecule has 0 aliphatic carbocycles. The van der Waals surface area contributed by atoms with Crippen molar-refractivity contribution in [3.05, 3.63) is 23.8 Å². The van der Waals surface area contributed by atoms with Gasteiger partial charge in [-0.05, 0) is 31.7 Å². The SMILES string of the molecule is CNC(C)(C(=O)O)c1ccc2c(c1)OCCCO2. The van der Waals surface area contributed by atoms with Crippen molar-refractivity contribution in [2.75, 3.05) is 20.3 Å². The molecule has 1 aromatic rings. The van der Waals surface area contributed by atoms with Gasteiger partial charge in [-0.25, -0.2) is 4.79 Å². The van der Waals surface area contributed by atoms with E-state index in [2.05, 4.69) is 5.32 Å². The summed E-state index contributed by atoms with van der Waals surface area (Å²) in [5.74, 6) is 0.340. The summed E-state index contributed by atoms with van der Waals surface area (Å²) in [6.45, 7) is 2.82. The highest BCUT2D eigenvalue weighted by atomic mass is 16.5. The van der Waals surface area contributed by atoms with Crippen molar-refractivity contribution in [1.29, 1.82) is 0 Å². The van der Waals surface area contributed by atoms with Crippen molar-refractivity contribution in [2.24, 2.45) is 0 Å². The molecule has 0 spiro atoms. The summed E-state index contributed by atoms with van der Waals surface area (Å²) in [5.41, 5.74) is -0.494. The molecule has 18 heavy (non-hydrogen) atoms. The molecule has 0 amide bonds. The molecule has 98 valence electrons. The lowest BCUT2D eigenvalue weighted by molar-refractivity contribution is -0.144. The van der Waals surface area contributed by atoms with Crippen molar-refractivity contribution in [3.8, 4) is 11.5 Å². The van der Waals surface area contributed by atoms with Crippen LogP contribution in [0.2, 0.25) is 0 Å². The van der Waals surface area contributed by atoms with Crippen molar-refractivity contribution in [2.45, 2.75) is 18.9 Å². The van der Waals surface area contributed by atoms with E-state index in [4.69, 9.17) is 9.47 Å². The maximum atomic E-state index is 11.4. The molecule has 0 bridgehead atoms. The number of carbonyl (C=O) groups is 1. The number of ether oxygens (including phenoxy) is 2. The first-order chi connectivity index (χ1) is 8.58. The Labute approximate surface area is 106 Å². The van der Waals surface area contributed by atoms with Gasteiger partial charge in [0, 0.05) is 6.42 Å². The Bertz CT molecular complexity index is 460. The van der Waals surface area contributed by atoms with Crippen molar-refractivity contribution >= 4 is 5.97 Å². The summed E-state index contributed by atoms with van der Waals surface area (Å²) in [7, 11) is 1.62. The number of rotatable bonds is 3. The fourth-order valence-electron chi connectivity index (χ4n) is 1.85. The molecule has 1 heterocycles. The Morgan fingerprint density at radius 2 is 2.00 bits per heavy atom. The summed E-state index contributed by atoms with van der Waals surface area (Å²) in [4.78, 5) is 11.4. The number of carboxylic acids is 1. The lowest BCUT2D eigenvalue weighted by atomic mass is 9.92. The molecule has 0 saturated carbocycles. The molecule has 5 nitrogen and oxygen atoms in total. The molecule has 0 aromatic heterocycles. The van der Waals surface area contributed by atoms with Crippen LogP contribution in [0.1, 0.15) is 18.9 Å². The van der Waals surface area contributed by atoms with E-state index < -0.39 is 11.5 Å². The Morgan fingerprint density at radius 1 is 1.33 bits per heavy atom. The second-order valence-electron chi connectivity index (χ2n) is 4.39. The van der Waals surface area contributed by atoms with Gasteiger partial charge in [0.1, 0.15) is 5.54 Å². The van der Waals surface area contributed by atoms with E-state index in [1.54, 1.807) is 32.2 Å². The molecule has 2 rings (SSSR count). The molecule has 2 N–H and O–H groups in total. The van der Waals surface area contributed by atoms with Crippen LogP contribution in [0.15, 0.2) is 18.2 Å². The molecule has 1 aliphatic rings. The van der Waals surface area contributed by atoms with Crippen LogP contribution in [0.5, 0.6) is 11.5 Å². The summed E-state index contributed by atoms with van der Waals surface area (Å²) < 4.78 is 11.1. The average molecular weight is 251 g/mol. The summed E-state index contributed by atoms with van der Waals surface area (Å²) in [5, 5.41) is 12.1. The second kappa shape index (κ2) is 4.86. The number of aliphatic carboxylic acids is 1. The largest absolute Gasteiger partial charge is 0.490 e. The standard InChI is InChI=1S/C13H17NO4/c1-13(14-2,12(15)16)9-4-5-10-11(8-9)18-7-3-6-17-10/h4-5,8,14H,3,6-7H2,1-2H3,(H,15,16). The van der Waals surface area contributed by atoms with E-state index in [0.717, 1.165) is 6.42 Å². The van der Waals surface area contributed by atoms with Crippen LogP contribution in [-0.2, 0) is 10.3 Å². The summed E-state index contributed by atoms with van der Waals surface area (Å²) >= 11 is 0. The number of carboxylic acid groups (broad SMARTS) is 1. The van der Waals surface area contributed by atoms with Gasteiger partial charge in [0.05, 0.1) is 13.2 Å². The van der Waals surface area contributed by atoms with Gasteiger partial charge in [0.25, 0.3) is 0 Å². The Hall–Kier alpha value is -1.75. The van der Waals surface area contributed by atoms with Crippen molar-refractivity contribution in [1.82, 2.24) is 5.32 Å². The third kappa shape index (κ3) is 2.13. The molecule has 0 fully saturated rings. The molecule has 1 aromatic carbocycles. The van der Waals surface area contributed by atoms with Crippen LogP contribution >= 0.6 is 0 Å². The maximum absolute atomic E-state index is 11.4. The Balaban J connectivity index is 2.41. The highest BCUT2D eigenvalue weighted by Crippen LogP contribution is 2.34. The second-order valence-corrected chi connectivity index (χ2v) is 4.39. The van der Waals surface area contributed by atoms with Gasteiger partial charge in [-0.1, -0.05) is 6.07 Å². The first kappa shape index (κ1) is 12.7. The van der Waals surface area contributed by atoms with Gasteiger partial charge < -0.3 is 19.9 Å². The molecule has 0 saturated heterocycles. The zero-order chi connectivity index (χ0) is 13.2. The van der Waals surface area contributed by atoms with Gasteiger partial charge in [-0.3, -0.25) is 0 Å². The van der Waals surface area contributed by atoms with Gasteiger partial charge in [0.2, 0.25) is 0 Å². The number of hydrogen-bond acceptors (Lipinski definition) is 4. The van der Waals surface area contributed by atoms with E-state index in [-0.39, 0.29) is 0 Å². The maximum Gasteiger partial charge on any atom is 0.328 e. The molecule has 5 heteroatoms. The highest BCUT2D eigenvalue weighted by Gasteiger charge is 2.34. The molecule has 1 aliphatic heterocycles. The lowest BCUT2D eigenvalue weighted by Crippen LogP contribution is -2.44. The van der Waals surface area contributed by atoms with Gasteiger partial charge in [-0.15, -0.1) is 0 Å². The first-order valence-electron chi connectivity index (χ1n) is 5.90.